The number of halogens is 3. The Morgan fingerprint density at radius 2 is 1.54 bits per heavy atom. The molecule has 0 saturated heterocycles. The topological polar surface area (TPSA) is 97.0 Å². The fourth-order valence-corrected chi connectivity index (χ4v) is 2.07. The summed E-state index contributed by atoms with van der Waals surface area (Å²) >= 11 is 0. The zero-order chi connectivity index (χ0) is 22.2. The van der Waals surface area contributed by atoms with Crippen LogP contribution >= 0.6 is 0 Å². The first-order valence-corrected chi connectivity index (χ1v) is 8.69. The molecule has 164 valence electrons. The van der Waals surface area contributed by atoms with Crippen molar-refractivity contribution in [2.75, 3.05) is 33.3 Å². The minimum Gasteiger partial charge on any atom is -0.444 e. The summed E-state index contributed by atoms with van der Waals surface area (Å²) in [7, 11) is 1.56. The lowest BCUT2D eigenvalue weighted by Crippen LogP contribution is -2.44. The van der Waals surface area contributed by atoms with Crippen LogP contribution in [-0.4, -0.2) is 68.1 Å². The van der Waals surface area contributed by atoms with Gasteiger partial charge in [-0.3, -0.25) is 4.79 Å². The van der Waals surface area contributed by atoms with Gasteiger partial charge in [0.25, 0.3) is 0 Å². The van der Waals surface area contributed by atoms with Crippen LogP contribution in [0.1, 0.15) is 41.0 Å². The minimum absolute atomic E-state index is 0.104. The third-order valence-electron chi connectivity index (χ3n) is 3.18. The minimum atomic E-state index is -4.60. The number of amides is 3. The molecule has 0 radical (unpaired) electrons. The van der Waals surface area contributed by atoms with E-state index in [0.29, 0.717) is 6.54 Å². The van der Waals surface area contributed by atoms with E-state index >= 15 is 0 Å². The molecular formula is C17H30F3N3O5. The predicted molar refractivity (Wildman–Crippen MR) is 95.7 cm³/mol. The van der Waals surface area contributed by atoms with E-state index in [1.54, 1.807) is 27.8 Å². The van der Waals surface area contributed by atoms with Gasteiger partial charge < -0.3 is 25.0 Å². The molecule has 0 aliphatic carbocycles. The second-order valence-electron chi connectivity index (χ2n) is 8.14. The summed E-state index contributed by atoms with van der Waals surface area (Å²) < 4.78 is 44.9. The first-order valence-electron chi connectivity index (χ1n) is 8.69. The number of hydrogen-bond donors (Lipinski definition) is 2. The summed E-state index contributed by atoms with van der Waals surface area (Å²) in [4.78, 5) is 36.3. The lowest BCUT2D eigenvalue weighted by atomic mass is 9.92. The summed E-state index contributed by atoms with van der Waals surface area (Å²) in [6.45, 7) is 7.66. The summed E-state index contributed by atoms with van der Waals surface area (Å²) in [6.07, 6.45) is -6.51. The fourth-order valence-electron chi connectivity index (χ4n) is 2.07. The maximum atomic E-state index is 12.1. The highest BCUT2D eigenvalue weighted by Gasteiger charge is 2.29. The highest BCUT2D eigenvalue weighted by molar-refractivity contribution is 5.77. The Kier molecular flexibility index (Phi) is 9.56. The molecule has 0 rings (SSSR count). The summed E-state index contributed by atoms with van der Waals surface area (Å²) in [6, 6.07) is 0. The smallest absolute Gasteiger partial charge is 0.422 e. The van der Waals surface area contributed by atoms with Crippen LogP contribution in [0.4, 0.5) is 22.8 Å². The molecule has 0 aromatic heterocycles. The van der Waals surface area contributed by atoms with E-state index in [-0.39, 0.29) is 25.4 Å². The Morgan fingerprint density at radius 1 is 0.964 bits per heavy atom. The Labute approximate surface area is 163 Å². The number of nitrogens with zero attached hydrogens (tertiary/aromatic N) is 1. The number of nitrogens with one attached hydrogen (secondary N) is 2. The Hall–Kier alpha value is -2.20. The van der Waals surface area contributed by atoms with Crippen LogP contribution in [0.2, 0.25) is 0 Å². The van der Waals surface area contributed by atoms with Gasteiger partial charge in [0.1, 0.15) is 5.60 Å². The van der Waals surface area contributed by atoms with Crippen molar-refractivity contribution in [2.24, 2.45) is 5.41 Å². The normalized spacial score (nSPS) is 12.2. The predicted octanol–water partition coefficient (Wildman–Crippen LogP) is 2.67. The first-order chi connectivity index (χ1) is 12.5. The van der Waals surface area contributed by atoms with E-state index in [9.17, 15) is 27.6 Å². The van der Waals surface area contributed by atoms with Crippen molar-refractivity contribution >= 4 is 18.1 Å². The highest BCUT2D eigenvalue weighted by atomic mass is 19.4. The molecule has 0 unspecified atom stereocenters. The lowest BCUT2D eigenvalue weighted by Gasteiger charge is -2.31. The average Bonchev–Trinajstić information content (AvgIpc) is 2.48. The van der Waals surface area contributed by atoms with Crippen LogP contribution in [0.5, 0.6) is 0 Å². The molecular weight excluding hydrogens is 383 g/mol. The molecule has 0 aliphatic heterocycles. The molecule has 0 spiro atoms. The molecule has 0 fully saturated rings. The summed E-state index contributed by atoms with van der Waals surface area (Å²) in [5, 5.41) is 4.73. The van der Waals surface area contributed by atoms with Gasteiger partial charge in [-0.1, -0.05) is 13.8 Å². The van der Waals surface area contributed by atoms with Gasteiger partial charge in [-0.15, -0.1) is 0 Å². The zero-order valence-electron chi connectivity index (χ0n) is 17.2. The van der Waals surface area contributed by atoms with Crippen molar-refractivity contribution in [3.8, 4) is 0 Å². The van der Waals surface area contributed by atoms with Crippen LogP contribution in [0.25, 0.3) is 0 Å². The van der Waals surface area contributed by atoms with Gasteiger partial charge in [0, 0.05) is 33.1 Å². The molecule has 0 aliphatic rings. The molecule has 0 heterocycles. The number of carbonyl (C=O) groups is 3. The van der Waals surface area contributed by atoms with Crippen LogP contribution in [0.3, 0.4) is 0 Å². The fraction of sp³-hybridized carbons (Fsp3) is 0.824. The van der Waals surface area contributed by atoms with E-state index in [0.717, 1.165) is 0 Å². The molecule has 0 atom stereocenters. The molecule has 0 saturated carbocycles. The van der Waals surface area contributed by atoms with Crippen LogP contribution < -0.4 is 10.6 Å². The first kappa shape index (κ1) is 25.8. The third kappa shape index (κ3) is 13.9. The summed E-state index contributed by atoms with van der Waals surface area (Å²) in [5.41, 5.74) is -1.07. The summed E-state index contributed by atoms with van der Waals surface area (Å²) in [5.74, 6) is -0.318. The third-order valence-corrected chi connectivity index (χ3v) is 3.18. The van der Waals surface area contributed by atoms with Gasteiger partial charge >= 0.3 is 18.4 Å². The molecule has 3 amide bonds. The number of alkyl halides is 3. The Bertz CT molecular complexity index is 545. The molecule has 28 heavy (non-hydrogen) atoms. The Morgan fingerprint density at radius 3 is 2.04 bits per heavy atom. The quantitative estimate of drug-likeness (QED) is 0.638. The van der Waals surface area contributed by atoms with Crippen molar-refractivity contribution in [1.29, 1.82) is 0 Å². The monoisotopic (exact) mass is 413 g/mol. The van der Waals surface area contributed by atoms with Crippen molar-refractivity contribution in [1.82, 2.24) is 15.5 Å². The van der Waals surface area contributed by atoms with Gasteiger partial charge in [-0.2, -0.15) is 13.2 Å². The van der Waals surface area contributed by atoms with Gasteiger partial charge in [-0.25, -0.2) is 9.59 Å². The van der Waals surface area contributed by atoms with Gasteiger partial charge in [0.05, 0.1) is 0 Å². The molecule has 0 aromatic carbocycles. The van der Waals surface area contributed by atoms with Crippen molar-refractivity contribution < 1.29 is 37.0 Å². The van der Waals surface area contributed by atoms with Crippen LogP contribution in [-0.2, 0) is 14.3 Å². The van der Waals surface area contributed by atoms with E-state index in [1.165, 1.54) is 4.90 Å². The van der Waals surface area contributed by atoms with Crippen molar-refractivity contribution in [3.63, 3.8) is 0 Å². The largest absolute Gasteiger partial charge is 0.444 e. The lowest BCUT2D eigenvalue weighted by molar-refractivity contribution is -0.160. The van der Waals surface area contributed by atoms with E-state index in [4.69, 9.17) is 4.74 Å². The van der Waals surface area contributed by atoms with Crippen LogP contribution in [0, 0.1) is 5.41 Å². The van der Waals surface area contributed by atoms with Crippen molar-refractivity contribution in [2.45, 2.75) is 52.8 Å². The van der Waals surface area contributed by atoms with Gasteiger partial charge in [0.15, 0.2) is 6.61 Å². The Balaban J connectivity index is 4.23. The van der Waals surface area contributed by atoms with Gasteiger partial charge in [-0.05, 0) is 26.2 Å². The number of alkyl carbamates (subject to hydrolysis) is 2. The van der Waals surface area contributed by atoms with E-state index in [2.05, 4.69) is 15.4 Å². The number of hydrogen-bond acceptors (Lipinski definition) is 5. The second kappa shape index (κ2) is 10.4. The maximum Gasteiger partial charge on any atom is 0.422 e. The molecule has 11 heteroatoms. The standard InChI is InChI=1S/C17H30F3N3O5/c1-15(2,3)28-14(26)22-9-16(4,5)10-23(6)12(24)7-8-21-13(25)27-11-17(18,19)20/h7-11H2,1-6H3,(H,21,25)(H,22,26). The number of ether oxygens (including phenoxy) is 2. The second-order valence-corrected chi connectivity index (χ2v) is 8.14. The molecule has 0 bridgehead atoms. The van der Waals surface area contributed by atoms with Gasteiger partial charge in [0.2, 0.25) is 5.91 Å². The molecule has 2 N–H and O–H groups in total. The van der Waals surface area contributed by atoms with E-state index < -0.39 is 36.0 Å². The number of carbonyl (C=O) groups excluding carboxylic acids is 3. The average molecular weight is 413 g/mol. The van der Waals surface area contributed by atoms with Crippen LogP contribution in [0.15, 0.2) is 0 Å². The molecule has 8 nitrogen and oxygen atoms in total. The highest BCUT2D eigenvalue weighted by Crippen LogP contribution is 2.16. The maximum absolute atomic E-state index is 12.1. The SMILES string of the molecule is CN(CC(C)(C)CNC(=O)OC(C)(C)C)C(=O)CCNC(=O)OCC(F)(F)F. The molecule has 0 aromatic rings. The zero-order valence-corrected chi connectivity index (χ0v) is 17.2. The van der Waals surface area contributed by atoms with E-state index in [1.807, 2.05) is 13.8 Å². The number of rotatable bonds is 8. The van der Waals surface area contributed by atoms with Crippen molar-refractivity contribution in [3.05, 3.63) is 0 Å².